The minimum absolute atomic E-state index is 0.0602. The fraction of sp³-hybridized carbons (Fsp3) is 0.500. The van der Waals surface area contributed by atoms with Crippen LogP contribution in [0.1, 0.15) is 55.2 Å². The molecule has 34 heavy (non-hydrogen) atoms. The molecule has 2 aliphatic heterocycles. The summed E-state index contributed by atoms with van der Waals surface area (Å²) in [5, 5.41) is 3.07. The Morgan fingerprint density at radius 1 is 0.912 bits per heavy atom. The van der Waals surface area contributed by atoms with Gasteiger partial charge in [0.15, 0.2) is 0 Å². The van der Waals surface area contributed by atoms with Crippen LogP contribution in [-0.4, -0.2) is 54.4 Å². The van der Waals surface area contributed by atoms with Gasteiger partial charge in [0.2, 0.25) is 11.8 Å². The first kappa shape index (κ1) is 24.3. The molecule has 1 fully saturated rings. The normalized spacial score (nSPS) is 18.1. The molecule has 6 heteroatoms. The number of benzene rings is 2. The summed E-state index contributed by atoms with van der Waals surface area (Å²) < 4.78 is 6.18. The number of likely N-dealkylation sites (tertiary alicyclic amines) is 1. The molecule has 0 aromatic heterocycles. The van der Waals surface area contributed by atoms with Crippen molar-refractivity contribution < 1.29 is 14.3 Å². The predicted molar refractivity (Wildman–Crippen MR) is 133 cm³/mol. The van der Waals surface area contributed by atoms with E-state index in [0.29, 0.717) is 39.2 Å². The van der Waals surface area contributed by atoms with Gasteiger partial charge in [0.1, 0.15) is 5.75 Å². The minimum atomic E-state index is 0.0602. The highest BCUT2D eigenvalue weighted by molar-refractivity contribution is 5.78. The van der Waals surface area contributed by atoms with Crippen molar-refractivity contribution in [3.8, 4) is 5.75 Å². The second kappa shape index (κ2) is 12.6. The van der Waals surface area contributed by atoms with Crippen LogP contribution in [0.2, 0.25) is 0 Å². The number of nitrogens with zero attached hydrogens (tertiary/aromatic N) is 2. The molecule has 1 saturated heterocycles. The minimum Gasteiger partial charge on any atom is -0.493 e. The van der Waals surface area contributed by atoms with Crippen molar-refractivity contribution >= 4 is 11.8 Å². The highest BCUT2D eigenvalue weighted by Crippen LogP contribution is 2.25. The Bertz CT molecular complexity index is 941. The summed E-state index contributed by atoms with van der Waals surface area (Å²) in [4.78, 5) is 29.3. The summed E-state index contributed by atoms with van der Waals surface area (Å²) in [5.74, 6) is 1.19. The van der Waals surface area contributed by atoms with Gasteiger partial charge in [-0.05, 0) is 55.7 Å². The standard InChI is InChI=1S/C28H37N3O3/c32-27-22-30(20-24-9-3-1-4-10-24)21-25-19-23(12-14-28(33)31-16-6-7-17-31)11-13-26(25)34-18-8-2-5-15-29-27/h1,3-4,9-11,13,19H,2,5-8,12,14-18,20-22H2,(H,29,32). The number of aryl methyl sites for hydroxylation is 1. The van der Waals surface area contributed by atoms with Crippen LogP contribution in [0.5, 0.6) is 5.75 Å². The fourth-order valence-electron chi connectivity index (χ4n) is 4.75. The van der Waals surface area contributed by atoms with Gasteiger partial charge in [-0.2, -0.15) is 0 Å². The van der Waals surface area contributed by atoms with Gasteiger partial charge < -0.3 is 15.0 Å². The molecular formula is C28H37N3O3. The van der Waals surface area contributed by atoms with E-state index in [2.05, 4.69) is 34.5 Å². The zero-order valence-electron chi connectivity index (χ0n) is 20.1. The topological polar surface area (TPSA) is 61.9 Å². The molecule has 182 valence electrons. The van der Waals surface area contributed by atoms with Crippen LogP contribution in [0.3, 0.4) is 0 Å². The summed E-state index contributed by atoms with van der Waals surface area (Å²) >= 11 is 0. The third-order valence-electron chi connectivity index (χ3n) is 6.62. The number of amides is 2. The Morgan fingerprint density at radius 2 is 1.74 bits per heavy atom. The highest BCUT2D eigenvalue weighted by Gasteiger charge is 2.19. The van der Waals surface area contributed by atoms with E-state index in [0.717, 1.165) is 68.5 Å². The Balaban J connectivity index is 1.51. The molecule has 4 rings (SSSR count). The third-order valence-corrected chi connectivity index (χ3v) is 6.62. The molecule has 1 N–H and O–H groups in total. The lowest BCUT2D eigenvalue weighted by Crippen LogP contribution is -2.37. The van der Waals surface area contributed by atoms with Crippen LogP contribution in [0.25, 0.3) is 0 Å². The maximum Gasteiger partial charge on any atom is 0.234 e. The molecule has 2 aliphatic rings. The summed E-state index contributed by atoms with van der Waals surface area (Å²) in [5.41, 5.74) is 3.40. The third kappa shape index (κ3) is 7.32. The lowest BCUT2D eigenvalue weighted by Gasteiger charge is -2.24. The first-order valence-corrected chi connectivity index (χ1v) is 12.7. The fourth-order valence-corrected chi connectivity index (χ4v) is 4.75. The molecule has 0 aliphatic carbocycles. The average Bonchev–Trinajstić information content (AvgIpc) is 3.38. The molecule has 6 nitrogen and oxygen atoms in total. The Hall–Kier alpha value is -2.86. The van der Waals surface area contributed by atoms with E-state index in [4.69, 9.17) is 4.74 Å². The number of fused-ring (bicyclic) bond motifs is 1. The maximum absolute atomic E-state index is 12.6. The highest BCUT2D eigenvalue weighted by atomic mass is 16.5. The van der Waals surface area contributed by atoms with Crippen LogP contribution in [0, 0.1) is 0 Å². The van der Waals surface area contributed by atoms with Crippen LogP contribution in [-0.2, 0) is 29.1 Å². The van der Waals surface area contributed by atoms with Gasteiger partial charge in [-0.3, -0.25) is 14.5 Å². The largest absolute Gasteiger partial charge is 0.493 e. The Labute approximate surface area is 203 Å². The smallest absolute Gasteiger partial charge is 0.234 e. The van der Waals surface area contributed by atoms with Gasteiger partial charge in [-0.15, -0.1) is 0 Å². The van der Waals surface area contributed by atoms with Crippen molar-refractivity contribution in [2.45, 2.75) is 58.0 Å². The van der Waals surface area contributed by atoms with Crippen molar-refractivity contribution in [1.29, 1.82) is 0 Å². The first-order valence-electron chi connectivity index (χ1n) is 12.7. The second-order valence-electron chi connectivity index (χ2n) is 9.42. The molecule has 0 spiro atoms. The van der Waals surface area contributed by atoms with Crippen LogP contribution in [0.4, 0.5) is 0 Å². The molecule has 2 amide bonds. The number of hydrogen-bond donors (Lipinski definition) is 1. The van der Waals surface area contributed by atoms with E-state index in [1.807, 2.05) is 29.2 Å². The van der Waals surface area contributed by atoms with Crippen molar-refractivity contribution in [2.75, 3.05) is 32.8 Å². The zero-order valence-corrected chi connectivity index (χ0v) is 20.1. The van der Waals surface area contributed by atoms with Crippen LogP contribution >= 0.6 is 0 Å². The maximum atomic E-state index is 12.6. The lowest BCUT2D eigenvalue weighted by atomic mass is 10.0. The number of hydrogen-bond acceptors (Lipinski definition) is 4. The van der Waals surface area contributed by atoms with E-state index >= 15 is 0 Å². The quantitative estimate of drug-likeness (QED) is 0.730. The summed E-state index contributed by atoms with van der Waals surface area (Å²) in [6.45, 7) is 4.82. The molecule has 0 radical (unpaired) electrons. The van der Waals surface area contributed by atoms with Crippen LogP contribution < -0.4 is 10.1 Å². The van der Waals surface area contributed by atoms with Gasteiger partial charge in [-0.1, -0.05) is 42.5 Å². The van der Waals surface area contributed by atoms with Crippen LogP contribution in [0.15, 0.2) is 48.5 Å². The van der Waals surface area contributed by atoms with E-state index in [-0.39, 0.29) is 11.8 Å². The first-order chi connectivity index (χ1) is 16.7. The Morgan fingerprint density at radius 3 is 2.56 bits per heavy atom. The SMILES string of the molecule is O=C1CN(Cc2ccccc2)Cc2cc(CCC(=O)N3CCCC3)ccc2OCCCCCN1. The zero-order chi connectivity index (χ0) is 23.6. The molecule has 2 heterocycles. The Kier molecular flexibility index (Phi) is 8.97. The summed E-state index contributed by atoms with van der Waals surface area (Å²) in [6.07, 6.45) is 6.46. The molecule has 0 bridgehead atoms. The number of nitrogens with one attached hydrogen (secondary N) is 1. The monoisotopic (exact) mass is 463 g/mol. The molecule has 0 atom stereocenters. The van der Waals surface area contributed by atoms with Gasteiger partial charge >= 0.3 is 0 Å². The van der Waals surface area contributed by atoms with Gasteiger partial charge in [0.05, 0.1) is 13.2 Å². The van der Waals surface area contributed by atoms with E-state index in [9.17, 15) is 9.59 Å². The molecule has 2 aromatic carbocycles. The second-order valence-corrected chi connectivity index (χ2v) is 9.42. The van der Waals surface area contributed by atoms with Crippen molar-refractivity contribution in [1.82, 2.24) is 15.1 Å². The van der Waals surface area contributed by atoms with E-state index < -0.39 is 0 Å². The van der Waals surface area contributed by atoms with E-state index in [1.165, 1.54) is 5.56 Å². The number of ether oxygens (including phenoxy) is 1. The molecule has 0 unspecified atom stereocenters. The number of carbonyl (C=O) groups is 2. The van der Waals surface area contributed by atoms with Gasteiger partial charge in [0, 0.05) is 44.7 Å². The van der Waals surface area contributed by atoms with Gasteiger partial charge in [0.25, 0.3) is 0 Å². The molecular weight excluding hydrogens is 426 g/mol. The number of carbonyl (C=O) groups excluding carboxylic acids is 2. The molecule has 0 saturated carbocycles. The predicted octanol–water partition coefficient (Wildman–Crippen LogP) is 3.92. The van der Waals surface area contributed by atoms with Crippen molar-refractivity contribution in [2.24, 2.45) is 0 Å². The van der Waals surface area contributed by atoms with Crippen molar-refractivity contribution in [3.63, 3.8) is 0 Å². The van der Waals surface area contributed by atoms with Gasteiger partial charge in [-0.25, -0.2) is 0 Å². The summed E-state index contributed by atoms with van der Waals surface area (Å²) in [7, 11) is 0. The van der Waals surface area contributed by atoms with E-state index in [1.54, 1.807) is 0 Å². The average molecular weight is 464 g/mol. The molecule has 2 aromatic rings. The van der Waals surface area contributed by atoms with Crippen molar-refractivity contribution in [3.05, 3.63) is 65.2 Å². The lowest BCUT2D eigenvalue weighted by molar-refractivity contribution is -0.130. The summed E-state index contributed by atoms with van der Waals surface area (Å²) in [6, 6.07) is 16.6. The number of rotatable bonds is 5.